The summed E-state index contributed by atoms with van der Waals surface area (Å²) in [7, 11) is 0. The van der Waals surface area contributed by atoms with Gasteiger partial charge in [0.05, 0.1) is 20.4 Å². The number of nitrogens with zero attached hydrogens (tertiary/aromatic N) is 3. The first-order chi connectivity index (χ1) is 14.4. The summed E-state index contributed by atoms with van der Waals surface area (Å²) in [5.41, 5.74) is 4.53. The van der Waals surface area contributed by atoms with Gasteiger partial charge in [-0.3, -0.25) is 14.9 Å². The molecule has 0 radical (unpaired) electrons. The monoisotopic (exact) mass is 578 g/mol. The number of rotatable bonds is 5. The lowest BCUT2D eigenvalue weighted by molar-refractivity contribution is -0.384. The number of nitro benzene ring substituents is 1. The topological polar surface area (TPSA) is 103 Å². The number of furan rings is 1. The predicted octanol–water partition coefficient (Wildman–Crippen LogP) is 5.26. The minimum absolute atomic E-state index is 0.0147. The number of hydrazone groups is 1. The minimum atomic E-state index is -0.470. The first-order valence-corrected chi connectivity index (χ1v) is 10.4. The van der Waals surface area contributed by atoms with Gasteiger partial charge in [-0.2, -0.15) is 5.10 Å². The van der Waals surface area contributed by atoms with Crippen LogP contribution in [0.5, 0.6) is 0 Å². The van der Waals surface area contributed by atoms with Crippen molar-refractivity contribution in [3.63, 3.8) is 0 Å². The summed E-state index contributed by atoms with van der Waals surface area (Å²) < 4.78 is 9.23. The molecule has 0 atom stereocenters. The summed E-state index contributed by atoms with van der Waals surface area (Å²) in [4.78, 5) is 22.7. The Morgan fingerprint density at radius 1 is 1.23 bits per heavy atom. The molecule has 0 spiro atoms. The molecule has 4 rings (SSSR count). The lowest BCUT2D eigenvalue weighted by Crippen LogP contribution is -2.17. The Morgan fingerprint density at radius 2 is 2.00 bits per heavy atom. The molecule has 8 nitrogen and oxygen atoms in total. The lowest BCUT2D eigenvalue weighted by Gasteiger charge is -2.05. The van der Waals surface area contributed by atoms with Crippen LogP contribution in [0.1, 0.15) is 16.2 Å². The van der Waals surface area contributed by atoms with Gasteiger partial charge in [0, 0.05) is 33.9 Å². The van der Waals surface area contributed by atoms with Crippen LogP contribution in [0.15, 0.2) is 74.8 Å². The van der Waals surface area contributed by atoms with E-state index in [0.29, 0.717) is 11.3 Å². The summed E-state index contributed by atoms with van der Waals surface area (Å²) in [6.07, 6.45) is 3.28. The van der Waals surface area contributed by atoms with E-state index in [9.17, 15) is 14.9 Å². The lowest BCUT2D eigenvalue weighted by atomic mass is 10.2. The summed E-state index contributed by atoms with van der Waals surface area (Å²) in [5.74, 6) is -0.313. The molecule has 0 saturated heterocycles. The van der Waals surface area contributed by atoms with Gasteiger partial charge in [0.2, 0.25) is 0 Å². The van der Waals surface area contributed by atoms with E-state index in [1.54, 1.807) is 35.0 Å². The van der Waals surface area contributed by atoms with Gasteiger partial charge in [0.1, 0.15) is 5.58 Å². The van der Waals surface area contributed by atoms with Gasteiger partial charge in [-0.1, -0.05) is 15.9 Å². The Balaban J connectivity index is 1.50. The first kappa shape index (κ1) is 20.3. The molecule has 2 aromatic carbocycles. The zero-order valence-electron chi connectivity index (χ0n) is 15.1. The number of fused-ring (bicyclic) bond motifs is 1. The van der Waals surface area contributed by atoms with Crippen molar-refractivity contribution in [3.8, 4) is 5.69 Å². The van der Waals surface area contributed by atoms with Crippen molar-refractivity contribution in [2.24, 2.45) is 5.10 Å². The van der Waals surface area contributed by atoms with Crippen molar-refractivity contribution >= 4 is 67.3 Å². The average Bonchev–Trinajstić information content (AvgIpc) is 3.35. The van der Waals surface area contributed by atoms with Gasteiger partial charge in [-0.05, 0) is 65.1 Å². The van der Waals surface area contributed by atoms with Gasteiger partial charge in [-0.25, -0.2) is 5.43 Å². The average molecular weight is 579 g/mol. The number of halogens is 2. The zero-order valence-corrected chi connectivity index (χ0v) is 18.8. The van der Waals surface area contributed by atoms with E-state index in [-0.39, 0.29) is 11.4 Å². The van der Waals surface area contributed by atoms with E-state index < -0.39 is 10.8 Å². The molecule has 30 heavy (non-hydrogen) atoms. The molecule has 1 amide bonds. The molecule has 0 unspecified atom stereocenters. The van der Waals surface area contributed by atoms with Gasteiger partial charge < -0.3 is 8.98 Å². The molecule has 2 heterocycles. The van der Waals surface area contributed by atoms with E-state index in [4.69, 9.17) is 4.42 Å². The Morgan fingerprint density at radius 3 is 2.73 bits per heavy atom. The number of aromatic nitrogens is 1. The second kappa shape index (κ2) is 8.40. The molecule has 2 aromatic heterocycles. The standard InChI is InChI=1S/C20H12BrIN4O4/c21-13-8-12-9-18(30-19(12)17(22)10-13)20(27)24-23-11-16-2-1-7-25(16)14-3-5-15(6-4-14)26(28)29/h1-11H,(H,24,27)/b23-11-. The Labute approximate surface area is 192 Å². The van der Waals surface area contributed by atoms with Crippen LogP contribution in [0.2, 0.25) is 0 Å². The maximum atomic E-state index is 12.4. The Kier molecular flexibility index (Phi) is 5.68. The van der Waals surface area contributed by atoms with E-state index in [1.807, 2.05) is 18.2 Å². The van der Waals surface area contributed by atoms with Gasteiger partial charge in [0.15, 0.2) is 5.76 Å². The zero-order chi connectivity index (χ0) is 21.3. The number of nitro groups is 1. The molecular formula is C20H12BrIN4O4. The predicted molar refractivity (Wildman–Crippen MR) is 124 cm³/mol. The number of carbonyl (C=O) groups is 1. The summed E-state index contributed by atoms with van der Waals surface area (Å²) in [6, 6.07) is 15.2. The van der Waals surface area contributed by atoms with Crippen LogP contribution in [-0.2, 0) is 0 Å². The van der Waals surface area contributed by atoms with Crippen molar-refractivity contribution in [1.29, 1.82) is 0 Å². The number of carbonyl (C=O) groups excluding carboxylic acids is 1. The molecule has 0 aliphatic heterocycles. The maximum absolute atomic E-state index is 12.4. The van der Waals surface area contributed by atoms with Crippen LogP contribution >= 0.6 is 38.5 Å². The number of non-ortho nitro benzene ring substituents is 1. The number of amides is 1. The quantitative estimate of drug-likeness (QED) is 0.151. The molecule has 0 aliphatic carbocycles. The molecular weight excluding hydrogens is 567 g/mol. The van der Waals surface area contributed by atoms with E-state index in [0.717, 1.165) is 19.1 Å². The van der Waals surface area contributed by atoms with Crippen molar-refractivity contribution in [1.82, 2.24) is 9.99 Å². The fourth-order valence-corrected chi connectivity index (χ4v) is 4.53. The van der Waals surface area contributed by atoms with E-state index in [2.05, 4.69) is 49.0 Å². The molecule has 0 bridgehead atoms. The molecule has 1 N–H and O–H groups in total. The number of nitrogens with one attached hydrogen (secondary N) is 1. The van der Waals surface area contributed by atoms with Crippen molar-refractivity contribution < 1.29 is 14.1 Å². The second-order valence-electron chi connectivity index (χ2n) is 6.19. The summed E-state index contributed by atoms with van der Waals surface area (Å²) in [5, 5.41) is 15.6. The molecule has 0 aliphatic rings. The van der Waals surface area contributed by atoms with Crippen LogP contribution in [0, 0.1) is 13.7 Å². The van der Waals surface area contributed by atoms with Gasteiger partial charge >= 0.3 is 5.91 Å². The third-order valence-electron chi connectivity index (χ3n) is 4.24. The molecule has 0 saturated carbocycles. The highest BCUT2D eigenvalue weighted by Gasteiger charge is 2.14. The maximum Gasteiger partial charge on any atom is 0.307 e. The fraction of sp³-hybridized carbons (Fsp3) is 0. The second-order valence-corrected chi connectivity index (χ2v) is 8.27. The van der Waals surface area contributed by atoms with Crippen LogP contribution in [0.3, 0.4) is 0 Å². The highest BCUT2D eigenvalue weighted by molar-refractivity contribution is 14.1. The minimum Gasteiger partial charge on any atom is -0.450 e. The number of benzene rings is 2. The highest BCUT2D eigenvalue weighted by atomic mass is 127. The summed E-state index contributed by atoms with van der Waals surface area (Å²) in [6.45, 7) is 0. The molecule has 10 heteroatoms. The van der Waals surface area contributed by atoms with Gasteiger partial charge in [-0.15, -0.1) is 0 Å². The Hall–Kier alpha value is -2.99. The third-order valence-corrected chi connectivity index (χ3v) is 5.50. The Bertz CT molecular complexity index is 1290. The van der Waals surface area contributed by atoms with Crippen molar-refractivity contribution in [2.75, 3.05) is 0 Å². The molecule has 4 aromatic rings. The fourth-order valence-electron chi connectivity index (χ4n) is 2.87. The van der Waals surface area contributed by atoms with Crippen LogP contribution in [0.4, 0.5) is 5.69 Å². The number of hydrogen-bond acceptors (Lipinski definition) is 5. The smallest absolute Gasteiger partial charge is 0.307 e. The van der Waals surface area contributed by atoms with Crippen molar-refractivity contribution in [2.45, 2.75) is 0 Å². The normalized spacial score (nSPS) is 11.3. The van der Waals surface area contributed by atoms with Gasteiger partial charge in [0.25, 0.3) is 5.69 Å². The molecule has 0 fully saturated rings. The van der Waals surface area contributed by atoms with Crippen molar-refractivity contribution in [3.05, 3.63) is 90.4 Å². The first-order valence-electron chi connectivity index (χ1n) is 8.56. The van der Waals surface area contributed by atoms with Crippen LogP contribution in [-0.4, -0.2) is 21.6 Å². The number of hydrogen-bond donors (Lipinski definition) is 1. The van der Waals surface area contributed by atoms with Crippen LogP contribution in [0.25, 0.3) is 16.7 Å². The third kappa shape index (κ3) is 4.14. The SMILES string of the molecule is O=C(N/N=C\c1cccn1-c1ccc([N+](=O)[O-])cc1)c1cc2cc(Br)cc(I)c2o1. The largest absolute Gasteiger partial charge is 0.450 e. The molecule has 150 valence electrons. The van der Waals surface area contributed by atoms with E-state index >= 15 is 0 Å². The highest BCUT2D eigenvalue weighted by Crippen LogP contribution is 2.28. The van der Waals surface area contributed by atoms with Crippen LogP contribution < -0.4 is 5.43 Å². The summed E-state index contributed by atoms with van der Waals surface area (Å²) >= 11 is 5.57. The van der Waals surface area contributed by atoms with E-state index in [1.165, 1.54) is 18.3 Å².